The summed E-state index contributed by atoms with van der Waals surface area (Å²) in [5.74, 6) is -0.156. The molecule has 2 aromatic rings. The number of nitrogens with zero attached hydrogens (tertiary/aromatic N) is 2. The first-order valence-electron chi connectivity index (χ1n) is 10.8. The first kappa shape index (κ1) is 26.7. The van der Waals surface area contributed by atoms with Gasteiger partial charge in [-0.2, -0.15) is 0 Å². The third-order valence-corrected chi connectivity index (χ3v) is 6.50. The molecule has 2 heterocycles. The first-order chi connectivity index (χ1) is 15.6. The minimum Gasteiger partial charge on any atom is -0.465 e. The fourth-order valence-corrected chi connectivity index (χ4v) is 4.64. The Morgan fingerprint density at radius 2 is 1.64 bits per heavy atom. The van der Waals surface area contributed by atoms with Crippen LogP contribution in [0.15, 0.2) is 35.0 Å². The van der Waals surface area contributed by atoms with Gasteiger partial charge in [0.1, 0.15) is 11.6 Å². The molecule has 0 aliphatic rings. The average Bonchev–Trinajstić information content (AvgIpc) is 3.42. The number of rotatable bonds is 11. The molecule has 0 aliphatic carbocycles. The van der Waals surface area contributed by atoms with Crippen molar-refractivity contribution < 1.29 is 24.2 Å². The highest BCUT2D eigenvalue weighted by atomic mass is 32.1. The second kappa shape index (κ2) is 12.6. The van der Waals surface area contributed by atoms with Crippen molar-refractivity contribution in [1.29, 1.82) is 0 Å². The molecule has 3 amide bonds. The molecule has 33 heavy (non-hydrogen) atoms. The van der Waals surface area contributed by atoms with Gasteiger partial charge in [-0.25, -0.2) is 9.59 Å². The fourth-order valence-electron chi connectivity index (χ4n) is 3.21. The van der Waals surface area contributed by atoms with Gasteiger partial charge in [0.15, 0.2) is 0 Å². The van der Waals surface area contributed by atoms with Gasteiger partial charge in [-0.3, -0.25) is 9.69 Å². The van der Waals surface area contributed by atoms with E-state index in [9.17, 15) is 14.4 Å². The van der Waals surface area contributed by atoms with Crippen molar-refractivity contribution in [3.8, 4) is 0 Å². The molecule has 2 aromatic heterocycles. The average molecular weight is 496 g/mol. The summed E-state index contributed by atoms with van der Waals surface area (Å²) in [4.78, 5) is 42.5. The zero-order valence-corrected chi connectivity index (χ0v) is 21.2. The summed E-state index contributed by atoms with van der Waals surface area (Å²) in [6.07, 6.45) is -0.0892. The topological polar surface area (TPSA) is 99.2 Å². The Balaban J connectivity index is 2.20. The van der Waals surface area contributed by atoms with Crippen LogP contribution in [-0.2, 0) is 22.6 Å². The molecule has 2 N–H and O–H groups in total. The zero-order valence-electron chi connectivity index (χ0n) is 19.6. The van der Waals surface area contributed by atoms with Crippen molar-refractivity contribution in [2.45, 2.75) is 64.8 Å². The highest BCUT2D eigenvalue weighted by Gasteiger charge is 2.33. The quantitative estimate of drug-likeness (QED) is 0.427. The van der Waals surface area contributed by atoms with Crippen LogP contribution in [0.25, 0.3) is 0 Å². The molecule has 0 saturated carbocycles. The lowest BCUT2D eigenvalue weighted by Crippen LogP contribution is -2.50. The van der Waals surface area contributed by atoms with Gasteiger partial charge in [-0.1, -0.05) is 12.1 Å². The second-order valence-corrected chi connectivity index (χ2v) is 10.8. The van der Waals surface area contributed by atoms with Crippen LogP contribution in [0.5, 0.6) is 0 Å². The van der Waals surface area contributed by atoms with Crippen LogP contribution in [0.1, 0.15) is 49.8 Å². The molecule has 182 valence electrons. The molecule has 0 saturated heterocycles. The van der Waals surface area contributed by atoms with E-state index in [2.05, 4.69) is 5.32 Å². The monoisotopic (exact) mass is 495 g/mol. The molecule has 2 rings (SSSR count). The van der Waals surface area contributed by atoms with Crippen LogP contribution < -0.4 is 5.32 Å². The van der Waals surface area contributed by atoms with Crippen molar-refractivity contribution in [3.05, 3.63) is 44.8 Å². The number of amides is 3. The lowest BCUT2D eigenvalue weighted by Gasteiger charge is -2.33. The van der Waals surface area contributed by atoms with Gasteiger partial charge in [0.2, 0.25) is 5.91 Å². The molecule has 0 radical (unpaired) electrons. The molecule has 0 spiro atoms. The number of hydrogen-bond acceptors (Lipinski definition) is 6. The normalized spacial score (nSPS) is 12.1. The lowest BCUT2D eigenvalue weighted by molar-refractivity contribution is -0.138. The third kappa shape index (κ3) is 9.43. The Labute approximate surface area is 203 Å². The minimum atomic E-state index is -1.08. The number of ether oxygens (including phenoxy) is 1. The van der Waals surface area contributed by atoms with Crippen molar-refractivity contribution in [1.82, 2.24) is 15.1 Å². The van der Waals surface area contributed by atoms with Gasteiger partial charge in [-0.15, -0.1) is 22.7 Å². The highest BCUT2D eigenvalue weighted by molar-refractivity contribution is 7.10. The van der Waals surface area contributed by atoms with Crippen LogP contribution in [-0.4, -0.2) is 58.2 Å². The summed E-state index contributed by atoms with van der Waals surface area (Å²) >= 11 is 3.17. The van der Waals surface area contributed by atoms with E-state index in [1.807, 2.05) is 35.0 Å². The van der Waals surface area contributed by atoms with E-state index >= 15 is 0 Å². The van der Waals surface area contributed by atoms with Crippen molar-refractivity contribution in [2.75, 3.05) is 13.6 Å². The van der Waals surface area contributed by atoms with Crippen LogP contribution in [0, 0.1) is 0 Å². The summed E-state index contributed by atoms with van der Waals surface area (Å²) in [6.45, 7) is 6.55. The van der Waals surface area contributed by atoms with Gasteiger partial charge in [0.25, 0.3) is 0 Å². The lowest BCUT2D eigenvalue weighted by atomic mass is 10.1. The Bertz CT molecular complexity index is 842. The predicted molar refractivity (Wildman–Crippen MR) is 131 cm³/mol. The first-order valence-corrected chi connectivity index (χ1v) is 12.6. The number of nitrogens with one attached hydrogen (secondary N) is 1. The highest BCUT2D eigenvalue weighted by Crippen LogP contribution is 2.22. The SMILES string of the molecule is CN(C(=O)OC(C)(C)C)[C@@H](CCCCNC(=O)O)C(=O)N(Cc1cccs1)Cc1cccs1. The maximum absolute atomic E-state index is 13.8. The maximum Gasteiger partial charge on any atom is 0.410 e. The number of unbranched alkanes of at least 4 members (excludes halogenated alkanes) is 1. The molecular formula is C23H33N3O5S2. The second-order valence-electron chi connectivity index (χ2n) is 8.69. The molecule has 8 nitrogen and oxygen atoms in total. The Morgan fingerprint density at radius 1 is 1.06 bits per heavy atom. The van der Waals surface area contributed by atoms with Gasteiger partial charge in [-0.05, 0) is 62.9 Å². The smallest absolute Gasteiger partial charge is 0.410 e. The standard InChI is InChI=1S/C23H33N3O5S2/c1-23(2,3)31-22(30)25(4)19(11-5-6-12-24-21(28)29)20(27)26(15-17-9-7-13-32-17)16-18-10-8-14-33-18/h7-10,13-14,19,24H,5-6,11-12,15-16H2,1-4H3,(H,28,29)/t19-/m0/s1. The van der Waals surface area contributed by atoms with Crippen molar-refractivity contribution in [3.63, 3.8) is 0 Å². The van der Waals surface area contributed by atoms with Gasteiger partial charge in [0.05, 0.1) is 13.1 Å². The Kier molecular flexibility index (Phi) is 10.2. The summed E-state index contributed by atoms with van der Waals surface area (Å²) in [7, 11) is 1.58. The van der Waals surface area contributed by atoms with E-state index in [0.29, 0.717) is 38.9 Å². The maximum atomic E-state index is 13.8. The Hall–Kier alpha value is -2.59. The van der Waals surface area contributed by atoms with E-state index in [0.717, 1.165) is 9.75 Å². The van der Waals surface area contributed by atoms with Crippen molar-refractivity contribution in [2.24, 2.45) is 0 Å². The van der Waals surface area contributed by atoms with Crippen LogP contribution in [0.3, 0.4) is 0 Å². The summed E-state index contributed by atoms with van der Waals surface area (Å²) in [5.41, 5.74) is -0.683. The summed E-state index contributed by atoms with van der Waals surface area (Å²) in [6, 6.07) is 7.17. The number of hydrogen-bond donors (Lipinski definition) is 2. The molecule has 0 fully saturated rings. The predicted octanol–water partition coefficient (Wildman–Crippen LogP) is 5.01. The van der Waals surface area contributed by atoms with E-state index in [4.69, 9.17) is 9.84 Å². The summed E-state index contributed by atoms with van der Waals surface area (Å²) < 4.78 is 5.51. The number of thiophene rings is 2. The molecule has 0 aromatic carbocycles. The van der Waals surface area contributed by atoms with E-state index < -0.39 is 23.8 Å². The molecular weight excluding hydrogens is 462 g/mol. The van der Waals surface area contributed by atoms with Crippen LogP contribution in [0.2, 0.25) is 0 Å². The van der Waals surface area contributed by atoms with E-state index in [1.54, 1.807) is 55.4 Å². The van der Waals surface area contributed by atoms with Gasteiger partial charge < -0.3 is 20.1 Å². The molecule has 0 aliphatic heterocycles. The van der Waals surface area contributed by atoms with E-state index in [1.165, 1.54) is 4.90 Å². The molecule has 0 unspecified atom stereocenters. The van der Waals surface area contributed by atoms with Gasteiger partial charge in [0, 0.05) is 23.3 Å². The fraction of sp³-hybridized carbons (Fsp3) is 0.522. The zero-order chi connectivity index (χ0) is 24.4. The van der Waals surface area contributed by atoms with E-state index in [-0.39, 0.29) is 5.91 Å². The minimum absolute atomic E-state index is 0.156. The molecule has 0 bridgehead atoms. The summed E-state index contributed by atoms with van der Waals surface area (Å²) in [5, 5.41) is 15.0. The van der Waals surface area contributed by atoms with Crippen LogP contribution in [0.4, 0.5) is 9.59 Å². The van der Waals surface area contributed by atoms with Crippen LogP contribution >= 0.6 is 22.7 Å². The third-order valence-electron chi connectivity index (χ3n) is 4.78. The number of carbonyl (C=O) groups is 3. The number of likely N-dealkylation sites (N-methyl/N-ethyl adjacent to an activating group) is 1. The van der Waals surface area contributed by atoms with Crippen molar-refractivity contribution >= 4 is 40.8 Å². The largest absolute Gasteiger partial charge is 0.465 e. The number of carbonyl (C=O) groups excluding carboxylic acids is 2. The number of carboxylic acid groups (broad SMARTS) is 1. The molecule has 10 heteroatoms. The van der Waals surface area contributed by atoms with Gasteiger partial charge >= 0.3 is 12.2 Å². The molecule has 1 atom stereocenters. The Morgan fingerprint density at radius 3 is 2.09 bits per heavy atom.